The summed E-state index contributed by atoms with van der Waals surface area (Å²) in [6, 6.07) is 8.25. The fourth-order valence-corrected chi connectivity index (χ4v) is 2.66. The van der Waals surface area contributed by atoms with Crippen molar-refractivity contribution in [3.05, 3.63) is 42.0 Å². The molecule has 0 saturated heterocycles. The second-order valence-electron chi connectivity index (χ2n) is 6.02. The molecule has 3 nitrogen and oxygen atoms in total. The third-order valence-corrected chi connectivity index (χ3v) is 4.24. The van der Waals surface area contributed by atoms with Crippen LogP contribution < -0.4 is 0 Å². The summed E-state index contributed by atoms with van der Waals surface area (Å²) in [7, 11) is 0. The van der Waals surface area contributed by atoms with Gasteiger partial charge in [-0.3, -0.25) is 4.79 Å². The van der Waals surface area contributed by atoms with E-state index in [1.807, 2.05) is 23.1 Å². The summed E-state index contributed by atoms with van der Waals surface area (Å²) in [6.07, 6.45) is 4.62. The standard InChI is InChI=1S/C19H29NO2/c1-5-18-8-10-19(11-9-18)16(3)20(17(4)22)13-12-15(2)7-6-14-21/h5,8-11,15-16,21H,1,6-7,12-14H2,2-4H3. The summed E-state index contributed by atoms with van der Waals surface area (Å²) < 4.78 is 0. The number of aliphatic hydroxyl groups is 1. The van der Waals surface area contributed by atoms with Gasteiger partial charge >= 0.3 is 0 Å². The Hall–Kier alpha value is -1.61. The largest absolute Gasteiger partial charge is 0.396 e. The van der Waals surface area contributed by atoms with E-state index in [0.717, 1.165) is 36.9 Å². The maximum Gasteiger partial charge on any atom is 0.219 e. The van der Waals surface area contributed by atoms with E-state index in [2.05, 4.69) is 32.6 Å². The minimum Gasteiger partial charge on any atom is -0.396 e. The van der Waals surface area contributed by atoms with Crippen molar-refractivity contribution in [2.24, 2.45) is 5.92 Å². The van der Waals surface area contributed by atoms with E-state index in [0.29, 0.717) is 5.92 Å². The van der Waals surface area contributed by atoms with E-state index in [-0.39, 0.29) is 18.6 Å². The van der Waals surface area contributed by atoms with Crippen molar-refractivity contribution in [1.82, 2.24) is 4.90 Å². The topological polar surface area (TPSA) is 40.5 Å². The van der Waals surface area contributed by atoms with Crippen LogP contribution in [0.15, 0.2) is 30.8 Å². The predicted octanol–water partition coefficient (Wildman–Crippen LogP) is 4.04. The van der Waals surface area contributed by atoms with Crippen LogP contribution in [-0.2, 0) is 4.79 Å². The van der Waals surface area contributed by atoms with Crippen molar-refractivity contribution in [2.45, 2.75) is 46.1 Å². The first-order valence-electron chi connectivity index (χ1n) is 8.10. The van der Waals surface area contributed by atoms with Crippen LogP contribution in [0.4, 0.5) is 0 Å². The molecule has 22 heavy (non-hydrogen) atoms. The van der Waals surface area contributed by atoms with E-state index >= 15 is 0 Å². The van der Waals surface area contributed by atoms with Crippen molar-refractivity contribution >= 4 is 12.0 Å². The van der Waals surface area contributed by atoms with E-state index in [4.69, 9.17) is 5.11 Å². The van der Waals surface area contributed by atoms with Crippen LogP contribution in [0.3, 0.4) is 0 Å². The molecule has 0 aliphatic rings. The molecule has 1 rings (SSSR count). The molecular formula is C19H29NO2. The molecule has 0 saturated carbocycles. The third-order valence-electron chi connectivity index (χ3n) is 4.24. The highest BCUT2D eigenvalue weighted by Crippen LogP contribution is 2.23. The molecule has 1 aromatic carbocycles. The zero-order valence-corrected chi connectivity index (χ0v) is 14.1. The third kappa shape index (κ3) is 5.64. The number of hydrogen-bond acceptors (Lipinski definition) is 2. The molecule has 0 bridgehead atoms. The highest BCUT2D eigenvalue weighted by molar-refractivity contribution is 5.73. The van der Waals surface area contributed by atoms with Gasteiger partial charge in [0.25, 0.3) is 0 Å². The first-order chi connectivity index (χ1) is 10.5. The Bertz CT molecular complexity index is 467. The normalized spacial score (nSPS) is 13.5. The fraction of sp³-hybridized carbons (Fsp3) is 0.526. The smallest absolute Gasteiger partial charge is 0.219 e. The quantitative estimate of drug-likeness (QED) is 0.748. The number of carbonyl (C=O) groups is 1. The Balaban J connectivity index is 2.68. The van der Waals surface area contributed by atoms with Crippen LogP contribution >= 0.6 is 0 Å². The lowest BCUT2D eigenvalue weighted by molar-refractivity contribution is -0.131. The zero-order valence-electron chi connectivity index (χ0n) is 14.1. The molecule has 2 unspecified atom stereocenters. The number of nitrogens with zero attached hydrogens (tertiary/aromatic N) is 1. The average molecular weight is 303 g/mol. The highest BCUT2D eigenvalue weighted by Gasteiger charge is 2.19. The molecule has 1 N–H and O–H groups in total. The Morgan fingerprint density at radius 3 is 2.41 bits per heavy atom. The zero-order chi connectivity index (χ0) is 16.5. The molecule has 0 aromatic heterocycles. The minimum absolute atomic E-state index is 0.0707. The number of rotatable bonds is 9. The van der Waals surface area contributed by atoms with E-state index in [1.165, 1.54) is 0 Å². The van der Waals surface area contributed by atoms with Gasteiger partial charge in [-0.2, -0.15) is 0 Å². The van der Waals surface area contributed by atoms with Crippen molar-refractivity contribution in [2.75, 3.05) is 13.2 Å². The molecule has 0 heterocycles. The molecule has 0 aliphatic carbocycles. The summed E-state index contributed by atoms with van der Waals surface area (Å²) in [5.41, 5.74) is 2.23. The second-order valence-corrected chi connectivity index (χ2v) is 6.02. The number of amides is 1. The molecular weight excluding hydrogens is 274 g/mol. The van der Waals surface area contributed by atoms with Crippen molar-refractivity contribution < 1.29 is 9.90 Å². The van der Waals surface area contributed by atoms with Crippen molar-refractivity contribution in [3.63, 3.8) is 0 Å². The maximum absolute atomic E-state index is 12.0. The first-order valence-corrected chi connectivity index (χ1v) is 8.10. The van der Waals surface area contributed by atoms with Crippen LogP contribution in [-0.4, -0.2) is 29.1 Å². The summed E-state index contributed by atoms with van der Waals surface area (Å²) in [4.78, 5) is 13.9. The molecule has 1 aromatic rings. The molecule has 0 aliphatic heterocycles. The lowest BCUT2D eigenvalue weighted by Gasteiger charge is -2.30. The number of hydrogen-bond donors (Lipinski definition) is 1. The highest BCUT2D eigenvalue weighted by atomic mass is 16.2. The Labute approximate surface area is 134 Å². The molecule has 2 atom stereocenters. The Morgan fingerprint density at radius 2 is 1.91 bits per heavy atom. The lowest BCUT2D eigenvalue weighted by atomic mass is 10.00. The van der Waals surface area contributed by atoms with Gasteiger partial charge in [0.2, 0.25) is 5.91 Å². The molecule has 0 fully saturated rings. The van der Waals surface area contributed by atoms with Gasteiger partial charge in [-0.1, -0.05) is 43.8 Å². The summed E-state index contributed by atoms with van der Waals surface area (Å²) in [5.74, 6) is 0.624. The van der Waals surface area contributed by atoms with Crippen LogP contribution in [0.25, 0.3) is 6.08 Å². The Kier molecular flexibility index (Phi) is 7.89. The van der Waals surface area contributed by atoms with Crippen LogP contribution in [0, 0.1) is 5.92 Å². The predicted molar refractivity (Wildman–Crippen MR) is 92.4 cm³/mol. The van der Waals surface area contributed by atoms with Gasteiger partial charge in [0.1, 0.15) is 0 Å². The average Bonchev–Trinajstić information content (AvgIpc) is 2.52. The number of aliphatic hydroxyl groups excluding tert-OH is 1. The number of carbonyl (C=O) groups excluding carboxylic acids is 1. The van der Waals surface area contributed by atoms with E-state index < -0.39 is 0 Å². The van der Waals surface area contributed by atoms with Gasteiger partial charge in [-0.05, 0) is 43.2 Å². The summed E-state index contributed by atoms with van der Waals surface area (Å²) >= 11 is 0. The molecule has 122 valence electrons. The molecule has 0 spiro atoms. The van der Waals surface area contributed by atoms with Gasteiger partial charge in [0.05, 0.1) is 6.04 Å². The van der Waals surface area contributed by atoms with Gasteiger partial charge in [-0.25, -0.2) is 0 Å². The van der Waals surface area contributed by atoms with Crippen LogP contribution in [0.2, 0.25) is 0 Å². The van der Waals surface area contributed by atoms with Gasteiger partial charge in [0, 0.05) is 20.1 Å². The lowest BCUT2D eigenvalue weighted by Crippen LogP contribution is -2.33. The SMILES string of the molecule is C=Cc1ccc(C(C)N(CCC(C)CCCO)C(C)=O)cc1. The fourth-order valence-electron chi connectivity index (χ4n) is 2.66. The maximum atomic E-state index is 12.0. The van der Waals surface area contributed by atoms with Gasteiger partial charge in [0.15, 0.2) is 0 Å². The molecule has 1 amide bonds. The number of benzene rings is 1. The second kappa shape index (κ2) is 9.42. The molecule has 0 radical (unpaired) electrons. The van der Waals surface area contributed by atoms with Crippen LogP contribution in [0.5, 0.6) is 0 Å². The van der Waals surface area contributed by atoms with Gasteiger partial charge in [-0.15, -0.1) is 0 Å². The summed E-state index contributed by atoms with van der Waals surface area (Å²) in [5, 5.41) is 8.89. The molecule has 3 heteroatoms. The van der Waals surface area contributed by atoms with E-state index in [9.17, 15) is 4.79 Å². The van der Waals surface area contributed by atoms with Crippen molar-refractivity contribution in [3.8, 4) is 0 Å². The summed E-state index contributed by atoms with van der Waals surface area (Å²) in [6.45, 7) is 10.6. The van der Waals surface area contributed by atoms with Gasteiger partial charge < -0.3 is 10.0 Å². The van der Waals surface area contributed by atoms with Crippen LogP contribution in [0.1, 0.15) is 57.2 Å². The first kappa shape index (κ1) is 18.4. The minimum atomic E-state index is 0.0707. The monoisotopic (exact) mass is 303 g/mol. The van der Waals surface area contributed by atoms with E-state index in [1.54, 1.807) is 6.92 Å². The Morgan fingerprint density at radius 1 is 1.27 bits per heavy atom. The van der Waals surface area contributed by atoms with Crippen molar-refractivity contribution in [1.29, 1.82) is 0 Å².